The summed E-state index contributed by atoms with van der Waals surface area (Å²) in [5, 5.41) is 0. The molecule has 0 aliphatic carbocycles. The monoisotopic (exact) mass is 238 g/mol. The van der Waals surface area contributed by atoms with Crippen LogP contribution in [0.5, 0.6) is 0 Å². The van der Waals surface area contributed by atoms with E-state index in [0.29, 0.717) is 12.6 Å². The number of methoxy groups -OCH3 is 1. The second-order valence-electron chi connectivity index (χ2n) is 4.50. The fourth-order valence-corrected chi connectivity index (χ4v) is 2.31. The van der Waals surface area contributed by atoms with E-state index in [-0.39, 0.29) is 5.82 Å². The molecule has 2 N–H and O–H groups in total. The van der Waals surface area contributed by atoms with Crippen LogP contribution in [0.3, 0.4) is 0 Å². The first kappa shape index (κ1) is 12.5. The summed E-state index contributed by atoms with van der Waals surface area (Å²) in [6.07, 6.45) is 1.36. The maximum absolute atomic E-state index is 13.2. The number of nitrogens with two attached hydrogens (primary N) is 1. The summed E-state index contributed by atoms with van der Waals surface area (Å²) >= 11 is 0. The molecule has 1 atom stereocenters. The van der Waals surface area contributed by atoms with Gasteiger partial charge in [-0.1, -0.05) is 6.07 Å². The molecule has 1 aromatic rings. The van der Waals surface area contributed by atoms with Crippen molar-refractivity contribution in [2.75, 3.05) is 20.2 Å². The van der Waals surface area contributed by atoms with Gasteiger partial charge in [-0.05, 0) is 29.7 Å². The predicted octanol–water partition coefficient (Wildman–Crippen LogP) is 1.51. The highest BCUT2D eigenvalue weighted by atomic mass is 19.1. The predicted molar refractivity (Wildman–Crippen MR) is 65.0 cm³/mol. The van der Waals surface area contributed by atoms with Crippen molar-refractivity contribution in [2.45, 2.75) is 25.6 Å². The van der Waals surface area contributed by atoms with Gasteiger partial charge in [0.2, 0.25) is 0 Å². The Balaban J connectivity index is 2.05. The lowest BCUT2D eigenvalue weighted by atomic mass is 10.1. The minimum absolute atomic E-state index is 0.195. The third kappa shape index (κ3) is 3.03. The molecule has 1 fully saturated rings. The van der Waals surface area contributed by atoms with Crippen molar-refractivity contribution < 1.29 is 9.13 Å². The first-order valence-electron chi connectivity index (χ1n) is 5.95. The molecular weight excluding hydrogens is 219 g/mol. The number of nitrogens with zero attached hydrogens (tertiary/aromatic N) is 1. The fraction of sp³-hybridized carbons (Fsp3) is 0.538. The fourth-order valence-electron chi connectivity index (χ4n) is 2.31. The third-order valence-electron chi connectivity index (χ3n) is 3.34. The molecule has 2 rings (SSSR count). The Morgan fingerprint density at radius 2 is 2.29 bits per heavy atom. The quantitative estimate of drug-likeness (QED) is 0.864. The standard InChI is InChI=1S/C13H19FN2O/c1-17-13-4-5-16(9-13)8-11-6-12(14)3-2-10(11)7-15/h2-3,6,13H,4-5,7-9,15H2,1H3. The van der Waals surface area contributed by atoms with Gasteiger partial charge in [0.05, 0.1) is 6.10 Å². The van der Waals surface area contributed by atoms with Crippen molar-refractivity contribution in [1.29, 1.82) is 0 Å². The second-order valence-corrected chi connectivity index (χ2v) is 4.50. The van der Waals surface area contributed by atoms with E-state index in [1.54, 1.807) is 19.2 Å². The highest BCUT2D eigenvalue weighted by Gasteiger charge is 2.22. The molecule has 0 amide bonds. The van der Waals surface area contributed by atoms with Gasteiger partial charge in [0.25, 0.3) is 0 Å². The van der Waals surface area contributed by atoms with E-state index in [2.05, 4.69) is 4.90 Å². The van der Waals surface area contributed by atoms with Crippen LogP contribution < -0.4 is 5.73 Å². The Kier molecular flexibility index (Phi) is 4.10. The van der Waals surface area contributed by atoms with Crippen molar-refractivity contribution in [3.8, 4) is 0 Å². The largest absolute Gasteiger partial charge is 0.380 e. The molecule has 0 saturated carbocycles. The average molecular weight is 238 g/mol. The number of benzene rings is 1. The Hall–Kier alpha value is -0.970. The third-order valence-corrected chi connectivity index (χ3v) is 3.34. The summed E-state index contributed by atoms with van der Waals surface area (Å²) in [4.78, 5) is 2.28. The summed E-state index contributed by atoms with van der Waals surface area (Å²) in [5.74, 6) is -0.195. The molecule has 0 bridgehead atoms. The molecule has 3 nitrogen and oxygen atoms in total. The van der Waals surface area contributed by atoms with E-state index in [1.807, 2.05) is 0 Å². The maximum Gasteiger partial charge on any atom is 0.123 e. The van der Waals surface area contributed by atoms with Gasteiger partial charge in [0.1, 0.15) is 5.82 Å². The van der Waals surface area contributed by atoms with Crippen LogP contribution in [0.2, 0.25) is 0 Å². The molecule has 1 aromatic carbocycles. The maximum atomic E-state index is 13.2. The molecular formula is C13H19FN2O. The second kappa shape index (κ2) is 5.58. The van der Waals surface area contributed by atoms with Gasteiger partial charge in [-0.15, -0.1) is 0 Å². The van der Waals surface area contributed by atoms with E-state index < -0.39 is 0 Å². The Morgan fingerprint density at radius 3 is 2.94 bits per heavy atom. The number of hydrogen-bond donors (Lipinski definition) is 1. The molecule has 1 aliphatic heterocycles. The van der Waals surface area contributed by atoms with Crippen LogP contribution in [-0.2, 0) is 17.8 Å². The van der Waals surface area contributed by atoms with Crippen molar-refractivity contribution in [3.05, 3.63) is 35.1 Å². The molecule has 0 radical (unpaired) electrons. The van der Waals surface area contributed by atoms with Crippen molar-refractivity contribution >= 4 is 0 Å². The minimum atomic E-state index is -0.195. The van der Waals surface area contributed by atoms with Crippen LogP contribution >= 0.6 is 0 Å². The normalized spacial score (nSPS) is 21.0. The molecule has 1 unspecified atom stereocenters. The van der Waals surface area contributed by atoms with E-state index >= 15 is 0 Å². The van der Waals surface area contributed by atoms with Crippen LogP contribution in [0.1, 0.15) is 17.5 Å². The smallest absolute Gasteiger partial charge is 0.123 e. The molecule has 4 heteroatoms. The first-order chi connectivity index (χ1) is 8.22. The molecule has 1 aliphatic rings. The SMILES string of the molecule is COC1CCN(Cc2cc(F)ccc2CN)C1. The molecule has 1 heterocycles. The number of likely N-dealkylation sites (tertiary alicyclic amines) is 1. The van der Waals surface area contributed by atoms with Crippen molar-refractivity contribution in [3.63, 3.8) is 0 Å². The lowest BCUT2D eigenvalue weighted by Gasteiger charge is -2.17. The lowest BCUT2D eigenvalue weighted by molar-refractivity contribution is 0.107. The minimum Gasteiger partial charge on any atom is -0.380 e. The van der Waals surface area contributed by atoms with E-state index in [4.69, 9.17) is 10.5 Å². The van der Waals surface area contributed by atoms with E-state index in [0.717, 1.165) is 37.2 Å². The molecule has 0 spiro atoms. The molecule has 94 valence electrons. The van der Waals surface area contributed by atoms with Crippen molar-refractivity contribution in [2.24, 2.45) is 5.73 Å². The summed E-state index contributed by atoms with van der Waals surface area (Å²) in [5.41, 5.74) is 7.67. The van der Waals surface area contributed by atoms with E-state index in [9.17, 15) is 4.39 Å². The van der Waals surface area contributed by atoms with Crippen LogP contribution in [-0.4, -0.2) is 31.2 Å². The van der Waals surface area contributed by atoms with Crippen molar-refractivity contribution in [1.82, 2.24) is 4.90 Å². The number of hydrogen-bond acceptors (Lipinski definition) is 3. The van der Waals surface area contributed by atoms with Crippen LogP contribution in [0.4, 0.5) is 4.39 Å². The van der Waals surface area contributed by atoms with Crippen LogP contribution in [0, 0.1) is 5.82 Å². The topological polar surface area (TPSA) is 38.5 Å². The number of rotatable bonds is 4. The summed E-state index contributed by atoms with van der Waals surface area (Å²) < 4.78 is 18.5. The van der Waals surface area contributed by atoms with Crippen LogP contribution in [0.15, 0.2) is 18.2 Å². The van der Waals surface area contributed by atoms with Gasteiger partial charge in [-0.3, -0.25) is 4.90 Å². The van der Waals surface area contributed by atoms with Gasteiger partial charge in [-0.25, -0.2) is 4.39 Å². The van der Waals surface area contributed by atoms with Gasteiger partial charge < -0.3 is 10.5 Å². The highest BCUT2D eigenvalue weighted by molar-refractivity contribution is 5.27. The van der Waals surface area contributed by atoms with E-state index in [1.165, 1.54) is 6.07 Å². The Morgan fingerprint density at radius 1 is 1.47 bits per heavy atom. The molecule has 0 aromatic heterocycles. The van der Waals surface area contributed by atoms with Gasteiger partial charge >= 0.3 is 0 Å². The lowest BCUT2D eigenvalue weighted by Crippen LogP contribution is -2.23. The van der Waals surface area contributed by atoms with Crippen LogP contribution in [0.25, 0.3) is 0 Å². The first-order valence-corrected chi connectivity index (χ1v) is 5.95. The Bertz CT molecular complexity index is 384. The zero-order valence-corrected chi connectivity index (χ0v) is 10.2. The number of ether oxygens (including phenoxy) is 1. The van der Waals surface area contributed by atoms with Gasteiger partial charge in [-0.2, -0.15) is 0 Å². The zero-order chi connectivity index (χ0) is 12.3. The average Bonchev–Trinajstić information content (AvgIpc) is 2.77. The molecule has 17 heavy (non-hydrogen) atoms. The zero-order valence-electron chi connectivity index (χ0n) is 10.2. The molecule has 1 saturated heterocycles. The Labute approximate surface area is 101 Å². The summed E-state index contributed by atoms with van der Waals surface area (Å²) in [6.45, 7) is 3.12. The number of halogens is 1. The van der Waals surface area contributed by atoms with Gasteiger partial charge in [0, 0.05) is 33.3 Å². The van der Waals surface area contributed by atoms with Gasteiger partial charge in [0.15, 0.2) is 0 Å². The summed E-state index contributed by atoms with van der Waals surface area (Å²) in [6, 6.07) is 4.82. The summed E-state index contributed by atoms with van der Waals surface area (Å²) in [7, 11) is 1.74. The highest BCUT2D eigenvalue weighted by Crippen LogP contribution is 2.18.